The van der Waals surface area contributed by atoms with Crippen LogP contribution in [0.25, 0.3) is 55.4 Å². The van der Waals surface area contributed by atoms with Crippen LogP contribution in [-0.4, -0.2) is 0 Å². The van der Waals surface area contributed by atoms with Gasteiger partial charge in [-0.2, -0.15) is 5.26 Å². The van der Waals surface area contributed by atoms with Gasteiger partial charge in [-0.25, -0.2) is 4.57 Å². The van der Waals surface area contributed by atoms with Gasteiger partial charge in [-0.3, -0.25) is 0 Å². The minimum atomic E-state index is 0.208. The van der Waals surface area contributed by atoms with E-state index in [1.807, 2.05) is 18.2 Å². The molecule has 0 fully saturated rings. The molecule has 0 bridgehead atoms. The SMILES string of the molecule is Cc1cc(-c2c(C)ccc3c2oc2c(-c4ccc(CC(C)(C)C)cc4)c(C#N)ccc23)[n+](C)cc1-c1ccccc1. The molecule has 3 nitrogen and oxygen atoms in total. The van der Waals surface area contributed by atoms with Gasteiger partial charge in [-0.05, 0) is 65.6 Å². The van der Waals surface area contributed by atoms with Crippen LogP contribution >= 0.6 is 0 Å². The average molecular weight is 536 g/mol. The average Bonchev–Trinajstić information content (AvgIpc) is 3.32. The van der Waals surface area contributed by atoms with Crippen LogP contribution in [0.2, 0.25) is 0 Å². The van der Waals surface area contributed by atoms with Crippen LogP contribution in [0.15, 0.2) is 95.5 Å². The number of hydrogen-bond donors (Lipinski definition) is 0. The van der Waals surface area contributed by atoms with Gasteiger partial charge in [0.2, 0.25) is 5.69 Å². The molecule has 0 saturated carbocycles. The van der Waals surface area contributed by atoms with Gasteiger partial charge in [-0.1, -0.05) is 87.5 Å². The molecule has 0 unspecified atom stereocenters. The Morgan fingerprint density at radius 2 is 1.41 bits per heavy atom. The summed E-state index contributed by atoms with van der Waals surface area (Å²) in [7, 11) is 2.10. The Kier molecular flexibility index (Phi) is 6.51. The van der Waals surface area contributed by atoms with Gasteiger partial charge in [0, 0.05) is 28.0 Å². The van der Waals surface area contributed by atoms with E-state index in [4.69, 9.17) is 4.42 Å². The lowest BCUT2D eigenvalue weighted by molar-refractivity contribution is -0.659. The predicted molar refractivity (Wildman–Crippen MR) is 169 cm³/mol. The summed E-state index contributed by atoms with van der Waals surface area (Å²) in [5, 5.41) is 12.2. The molecule has 0 aliphatic heterocycles. The minimum Gasteiger partial charge on any atom is -0.454 e. The molecule has 0 aliphatic carbocycles. The Labute approximate surface area is 242 Å². The number of fused-ring (bicyclic) bond motifs is 3. The second kappa shape index (κ2) is 10.1. The number of hydrogen-bond acceptors (Lipinski definition) is 2. The van der Waals surface area contributed by atoms with Gasteiger partial charge >= 0.3 is 0 Å². The quantitative estimate of drug-likeness (QED) is 0.211. The summed E-state index contributed by atoms with van der Waals surface area (Å²) < 4.78 is 9.00. The van der Waals surface area contributed by atoms with E-state index in [-0.39, 0.29) is 5.41 Å². The van der Waals surface area contributed by atoms with Crippen molar-refractivity contribution in [1.29, 1.82) is 5.26 Å². The molecule has 6 rings (SSSR count). The standard InChI is InChI=1S/C38H35N2O/c1-24-12-18-30-31-19-17-29(22-39)35(28-15-13-26(14-16-28)21-38(3,4)5)37(31)41-36(30)34(24)33-20-25(2)32(23-40(33)6)27-10-8-7-9-11-27/h7-20,23H,21H2,1-6H3/q+1. The van der Waals surface area contributed by atoms with Gasteiger partial charge in [-0.15, -0.1) is 0 Å². The Hall–Kier alpha value is -4.68. The number of aryl methyl sites for hydroxylation is 3. The highest BCUT2D eigenvalue weighted by Gasteiger charge is 2.24. The highest BCUT2D eigenvalue weighted by atomic mass is 16.3. The maximum absolute atomic E-state index is 10.1. The first-order chi connectivity index (χ1) is 19.6. The summed E-state index contributed by atoms with van der Waals surface area (Å²) in [4.78, 5) is 0. The van der Waals surface area contributed by atoms with Crippen molar-refractivity contribution in [1.82, 2.24) is 0 Å². The van der Waals surface area contributed by atoms with Gasteiger partial charge in [0.15, 0.2) is 6.20 Å². The Morgan fingerprint density at radius 3 is 2.07 bits per heavy atom. The van der Waals surface area contributed by atoms with E-state index >= 15 is 0 Å². The third kappa shape index (κ3) is 4.81. The molecule has 41 heavy (non-hydrogen) atoms. The first-order valence-electron chi connectivity index (χ1n) is 14.2. The van der Waals surface area contributed by atoms with Gasteiger partial charge in [0.05, 0.1) is 17.2 Å². The van der Waals surface area contributed by atoms with E-state index in [1.165, 1.54) is 22.3 Å². The topological polar surface area (TPSA) is 40.8 Å². The minimum absolute atomic E-state index is 0.208. The van der Waals surface area contributed by atoms with Crippen LogP contribution in [-0.2, 0) is 13.5 Å². The molecule has 6 aromatic rings. The van der Waals surface area contributed by atoms with E-state index in [2.05, 4.69) is 125 Å². The third-order valence-corrected chi connectivity index (χ3v) is 7.94. The van der Waals surface area contributed by atoms with E-state index in [0.29, 0.717) is 5.56 Å². The maximum atomic E-state index is 10.1. The van der Waals surface area contributed by atoms with Crippen molar-refractivity contribution in [2.45, 2.75) is 41.0 Å². The molecule has 4 aromatic carbocycles. The zero-order valence-corrected chi connectivity index (χ0v) is 24.7. The van der Waals surface area contributed by atoms with Crippen molar-refractivity contribution < 1.29 is 8.98 Å². The van der Waals surface area contributed by atoms with Crippen LogP contribution in [0.3, 0.4) is 0 Å². The normalized spacial score (nSPS) is 11.7. The smallest absolute Gasteiger partial charge is 0.216 e. The lowest BCUT2D eigenvalue weighted by Crippen LogP contribution is -2.31. The van der Waals surface area contributed by atoms with Crippen LogP contribution in [0.4, 0.5) is 0 Å². The lowest BCUT2D eigenvalue weighted by atomic mass is 9.87. The highest BCUT2D eigenvalue weighted by Crippen LogP contribution is 2.42. The molecule has 0 amide bonds. The van der Waals surface area contributed by atoms with Crippen LogP contribution in [0.5, 0.6) is 0 Å². The fraction of sp³-hybridized carbons (Fsp3) is 0.211. The van der Waals surface area contributed by atoms with Crippen LogP contribution in [0, 0.1) is 30.6 Å². The Morgan fingerprint density at radius 1 is 0.756 bits per heavy atom. The summed E-state index contributed by atoms with van der Waals surface area (Å²) in [5.41, 5.74) is 12.5. The molecular weight excluding hydrogens is 500 g/mol. The van der Waals surface area contributed by atoms with E-state index in [0.717, 1.165) is 56.3 Å². The number of nitrogens with zero attached hydrogens (tertiary/aromatic N) is 2. The number of nitriles is 1. The largest absolute Gasteiger partial charge is 0.454 e. The lowest BCUT2D eigenvalue weighted by Gasteiger charge is -2.18. The molecule has 0 saturated heterocycles. The molecule has 202 valence electrons. The summed E-state index contributed by atoms with van der Waals surface area (Å²) >= 11 is 0. The zero-order valence-electron chi connectivity index (χ0n) is 24.7. The molecular formula is C38H35N2O+. The van der Waals surface area contributed by atoms with Crippen LogP contribution < -0.4 is 4.57 Å². The summed E-state index contributed by atoms with van der Waals surface area (Å²) in [6.07, 6.45) is 3.20. The van der Waals surface area contributed by atoms with Crippen molar-refractivity contribution in [2.75, 3.05) is 0 Å². The summed E-state index contributed by atoms with van der Waals surface area (Å²) in [6, 6.07) is 32.0. The zero-order chi connectivity index (χ0) is 28.9. The number of aromatic nitrogens is 1. The Balaban J connectivity index is 1.56. The van der Waals surface area contributed by atoms with Crippen molar-refractivity contribution in [3.63, 3.8) is 0 Å². The second-order valence-electron chi connectivity index (χ2n) is 12.4. The second-order valence-corrected chi connectivity index (χ2v) is 12.4. The van der Waals surface area contributed by atoms with Crippen LogP contribution in [0.1, 0.15) is 43.0 Å². The fourth-order valence-electron chi connectivity index (χ4n) is 6.02. The van der Waals surface area contributed by atoms with Gasteiger partial charge in [0.25, 0.3) is 0 Å². The predicted octanol–water partition coefficient (Wildman–Crippen LogP) is 9.49. The fourth-order valence-corrected chi connectivity index (χ4v) is 6.02. The number of furan rings is 1. The monoisotopic (exact) mass is 535 g/mol. The summed E-state index contributed by atoms with van der Waals surface area (Å²) in [6.45, 7) is 11.1. The number of benzene rings is 4. The molecule has 0 N–H and O–H groups in total. The molecule has 2 aromatic heterocycles. The number of pyridine rings is 1. The molecule has 0 radical (unpaired) electrons. The van der Waals surface area contributed by atoms with Gasteiger partial charge < -0.3 is 4.42 Å². The highest BCUT2D eigenvalue weighted by molar-refractivity contribution is 6.14. The van der Waals surface area contributed by atoms with E-state index < -0.39 is 0 Å². The summed E-state index contributed by atoms with van der Waals surface area (Å²) in [5.74, 6) is 0. The molecule has 0 atom stereocenters. The maximum Gasteiger partial charge on any atom is 0.216 e. The Bertz CT molecular complexity index is 1960. The molecule has 3 heteroatoms. The molecule has 0 aliphatic rings. The number of rotatable bonds is 4. The van der Waals surface area contributed by atoms with Crippen molar-refractivity contribution in [3.8, 4) is 39.6 Å². The molecule has 2 heterocycles. The van der Waals surface area contributed by atoms with Crippen molar-refractivity contribution >= 4 is 21.9 Å². The van der Waals surface area contributed by atoms with Crippen molar-refractivity contribution in [2.24, 2.45) is 12.5 Å². The molecule has 0 spiro atoms. The van der Waals surface area contributed by atoms with Gasteiger partial charge in [0.1, 0.15) is 18.2 Å². The van der Waals surface area contributed by atoms with E-state index in [9.17, 15) is 5.26 Å². The first kappa shape index (κ1) is 26.5. The third-order valence-electron chi connectivity index (χ3n) is 7.94. The first-order valence-corrected chi connectivity index (χ1v) is 14.2. The van der Waals surface area contributed by atoms with Crippen molar-refractivity contribution in [3.05, 3.63) is 113 Å². The van der Waals surface area contributed by atoms with E-state index in [1.54, 1.807) is 0 Å².